The molecule has 1 unspecified atom stereocenters. The van der Waals surface area contributed by atoms with Gasteiger partial charge >= 0.3 is 6.03 Å². The Morgan fingerprint density at radius 1 is 1.33 bits per heavy atom. The van der Waals surface area contributed by atoms with Crippen molar-refractivity contribution < 1.29 is 4.79 Å². The van der Waals surface area contributed by atoms with Crippen LogP contribution in [-0.4, -0.2) is 17.6 Å². The molecule has 0 saturated carbocycles. The number of benzene rings is 1. The number of urea groups is 1. The van der Waals surface area contributed by atoms with E-state index in [2.05, 4.69) is 34.8 Å². The summed E-state index contributed by atoms with van der Waals surface area (Å²) in [5.41, 5.74) is 3.73. The molecule has 112 valence electrons. The second-order valence-corrected chi connectivity index (χ2v) is 5.65. The summed E-state index contributed by atoms with van der Waals surface area (Å²) in [6.07, 6.45) is 1.75. The molecule has 1 atom stereocenters. The zero-order chi connectivity index (χ0) is 15.1. The summed E-state index contributed by atoms with van der Waals surface area (Å²) >= 11 is 1.52. The molecule has 6 heteroatoms. The molecule has 2 rings (SSSR count). The van der Waals surface area contributed by atoms with E-state index in [-0.39, 0.29) is 6.03 Å². The largest absolute Gasteiger partial charge is 0.333 e. The second-order valence-electron chi connectivity index (χ2n) is 4.68. The van der Waals surface area contributed by atoms with Crippen molar-refractivity contribution in [3.05, 3.63) is 46.4 Å². The summed E-state index contributed by atoms with van der Waals surface area (Å²) in [6.45, 7) is 5.63. The minimum Gasteiger partial charge on any atom is -0.333 e. The Balaban J connectivity index is 1.83. The quantitative estimate of drug-likeness (QED) is 0.768. The highest BCUT2D eigenvalue weighted by molar-refractivity contribution is 7.09. The number of hydrogen-bond donors (Lipinski definition) is 3. The van der Waals surface area contributed by atoms with Gasteiger partial charge in [0.15, 0.2) is 0 Å². The highest BCUT2D eigenvalue weighted by atomic mass is 32.1. The van der Waals surface area contributed by atoms with Gasteiger partial charge in [-0.1, -0.05) is 19.1 Å². The Morgan fingerprint density at radius 2 is 2.10 bits per heavy atom. The van der Waals surface area contributed by atoms with Gasteiger partial charge in [0.1, 0.15) is 0 Å². The highest BCUT2D eigenvalue weighted by Crippen LogP contribution is 2.15. The van der Waals surface area contributed by atoms with Gasteiger partial charge in [-0.2, -0.15) is 0 Å². The third kappa shape index (κ3) is 4.84. The molecule has 0 aliphatic carbocycles. The molecular weight excluding hydrogens is 284 g/mol. The van der Waals surface area contributed by atoms with Crippen LogP contribution in [0.5, 0.6) is 0 Å². The molecule has 5 nitrogen and oxygen atoms in total. The van der Waals surface area contributed by atoms with Gasteiger partial charge in [-0.3, -0.25) is 4.98 Å². The van der Waals surface area contributed by atoms with Crippen molar-refractivity contribution >= 4 is 23.1 Å². The van der Waals surface area contributed by atoms with Crippen molar-refractivity contribution in [2.45, 2.75) is 26.4 Å². The number of amides is 2. The summed E-state index contributed by atoms with van der Waals surface area (Å²) in [5, 5.41) is 8.97. The Labute approximate surface area is 128 Å². The molecule has 1 heterocycles. The average molecular weight is 304 g/mol. The van der Waals surface area contributed by atoms with Gasteiger partial charge in [-0.15, -0.1) is 11.3 Å². The van der Waals surface area contributed by atoms with Crippen LogP contribution in [0.25, 0.3) is 0 Å². The molecule has 0 aliphatic rings. The zero-order valence-corrected chi connectivity index (χ0v) is 13.0. The van der Waals surface area contributed by atoms with E-state index in [9.17, 15) is 4.79 Å². The fourth-order valence-electron chi connectivity index (χ4n) is 1.95. The van der Waals surface area contributed by atoms with Crippen LogP contribution in [0.15, 0.2) is 36.0 Å². The summed E-state index contributed by atoms with van der Waals surface area (Å²) in [4.78, 5) is 16.8. The van der Waals surface area contributed by atoms with Crippen molar-refractivity contribution in [1.82, 2.24) is 15.6 Å². The fourth-order valence-corrected chi connectivity index (χ4v) is 2.49. The van der Waals surface area contributed by atoms with Crippen molar-refractivity contribution in [2.24, 2.45) is 0 Å². The third-order valence-corrected chi connectivity index (χ3v) is 3.87. The van der Waals surface area contributed by atoms with Crippen LogP contribution in [-0.2, 0) is 6.54 Å². The minimum atomic E-state index is -0.212. The summed E-state index contributed by atoms with van der Waals surface area (Å²) in [7, 11) is 0. The molecule has 2 aromatic rings. The highest BCUT2D eigenvalue weighted by Gasteiger charge is 2.05. The number of thiazole rings is 1. The number of hydrogen-bond acceptors (Lipinski definition) is 4. The van der Waals surface area contributed by atoms with E-state index in [0.717, 1.165) is 17.1 Å². The first kappa shape index (κ1) is 15.5. The van der Waals surface area contributed by atoms with Crippen molar-refractivity contribution in [3.63, 3.8) is 0 Å². The third-order valence-electron chi connectivity index (χ3n) is 3.09. The Hall–Kier alpha value is -1.92. The number of carbonyl (C=O) groups is 1. The molecule has 0 bridgehead atoms. The van der Waals surface area contributed by atoms with E-state index in [1.165, 1.54) is 16.9 Å². The van der Waals surface area contributed by atoms with Crippen LogP contribution in [0.4, 0.5) is 10.5 Å². The first-order valence-electron chi connectivity index (χ1n) is 6.94. The van der Waals surface area contributed by atoms with Gasteiger partial charge < -0.3 is 16.0 Å². The maximum atomic E-state index is 11.8. The summed E-state index contributed by atoms with van der Waals surface area (Å²) < 4.78 is 0. The number of nitrogens with one attached hydrogen (secondary N) is 3. The molecule has 0 spiro atoms. The van der Waals surface area contributed by atoms with Crippen LogP contribution in [0.3, 0.4) is 0 Å². The van der Waals surface area contributed by atoms with Crippen LogP contribution in [0.2, 0.25) is 0 Å². The van der Waals surface area contributed by atoms with E-state index in [4.69, 9.17) is 0 Å². The zero-order valence-electron chi connectivity index (χ0n) is 12.2. The maximum absolute atomic E-state index is 11.8. The summed E-state index contributed by atoms with van der Waals surface area (Å²) in [5.74, 6) is 0. The lowest BCUT2D eigenvalue weighted by atomic mass is 10.1. The Bertz CT molecular complexity index is 554. The van der Waals surface area contributed by atoms with Crippen LogP contribution in [0, 0.1) is 0 Å². The summed E-state index contributed by atoms with van der Waals surface area (Å²) in [6, 6.07) is 7.96. The topological polar surface area (TPSA) is 66.0 Å². The van der Waals surface area contributed by atoms with Gasteiger partial charge in [0.25, 0.3) is 0 Å². The van der Waals surface area contributed by atoms with E-state index >= 15 is 0 Å². The molecule has 1 aromatic heterocycles. The molecule has 3 N–H and O–H groups in total. The number of carbonyl (C=O) groups excluding carboxylic acids is 1. The molecule has 21 heavy (non-hydrogen) atoms. The van der Waals surface area contributed by atoms with Gasteiger partial charge in [0.05, 0.1) is 12.1 Å². The van der Waals surface area contributed by atoms with E-state index in [1.54, 1.807) is 11.7 Å². The second kappa shape index (κ2) is 7.75. The molecule has 0 fully saturated rings. The lowest BCUT2D eigenvalue weighted by molar-refractivity contribution is 0.252. The SMILES string of the molecule is CCNC(C)c1ccc(NC(=O)NCc2cncs2)cc1. The molecule has 0 aliphatic heterocycles. The Morgan fingerprint density at radius 3 is 2.71 bits per heavy atom. The van der Waals surface area contributed by atoms with Crippen LogP contribution < -0.4 is 16.0 Å². The smallest absolute Gasteiger partial charge is 0.319 e. The van der Waals surface area contributed by atoms with Crippen molar-refractivity contribution in [3.8, 4) is 0 Å². The Kier molecular flexibility index (Phi) is 5.71. The molecule has 2 amide bonds. The predicted octanol–water partition coefficient (Wildman–Crippen LogP) is 3.14. The predicted molar refractivity (Wildman–Crippen MR) is 86.5 cm³/mol. The molecule has 0 saturated heterocycles. The van der Waals surface area contributed by atoms with Crippen molar-refractivity contribution in [1.29, 1.82) is 0 Å². The van der Waals surface area contributed by atoms with E-state index in [0.29, 0.717) is 12.6 Å². The van der Waals surface area contributed by atoms with Crippen LogP contribution in [0.1, 0.15) is 30.3 Å². The molecular formula is C15H20N4OS. The van der Waals surface area contributed by atoms with Crippen LogP contribution >= 0.6 is 11.3 Å². The van der Waals surface area contributed by atoms with Crippen molar-refractivity contribution in [2.75, 3.05) is 11.9 Å². The lowest BCUT2D eigenvalue weighted by Gasteiger charge is -2.13. The number of rotatable bonds is 6. The number of nitrogens with zero attached hydrogens (tertiary/aromatic N) is 1. The van der Waals surface area contributed by atoms with E-state index in [1.807, 2.05) is 24.3 Å². The van der Waals surface area contributed by atoms with E-state index < -0.39 is 0 Å². The minimum absolute atomic E-state index is 0.212. The van der Waals surface area contributed by atoms with Gasteiger partial charge in [-0.05, 0) is 31.2 Å². The normalized spacial score (nSPS) is 11.9. The first-order chi connectivity index (χ1) is 10.2. The number of anilines is 1. The maximum Gasteiger partial charge on any atom is 0.319 e. The van der Waals surface area contributed by atoms with Gasteiger partial charge in [-0.25, -0.2) is 4.79 Å². The van der Waals surface area contributed by atoms with Gasteiger partial charge in [0, 0.05) is 22.8 Å². The average Bonchev–Trinajstić information content (AvgIpc) is 2.99. The first-order valence-corrected chi connectivity index (χ1v) is 7.82. The number of aromatic nitrogens is 1. The van der Waals surface area contributed by atoms with Gasteiger partial charge in [0.2, 0.25) is 0 Å². The monoisotopic (exact) mass is 304 g/mol. The molecule has 0 radical (unpaired) electrons. The molecule has 1 aromatic carbocycles. The lowest BCUT2D eigenvalue weighted by Crippen LogP contribution is -2.27. The fraction of sp³-hybridized carbons (Fsp3) is 0.333. The standard InChI is InChI=1S/C15H20N4OS/c1-3-17-11(2)12-4-6-13(7-5-12)19-15(20)18-9-14-8-16-10-21-14/h4-8,10-11,17H,3,9H2,1-2H3,(H2,18,19,20).